The monoisotopic (exact) mass is 381 g/mol. The topological polar surface area (TPSA) is 105 Å². The highest BCUT2D eigenvalue weighted by Gasteiger charge is 2.19. The second-order valence-electron chi connectivity index (χ2n) is 6.81. The molecule has 3 rings (SSSR count). The number of aryl methyl sites for hydroxylation is 2. The van der Waals surface area contributed by atoms with Crippen LogP contribution in [-0.2, 0) is 22.4 Å². The van der Waals surface area contributed by atoms with Crippen molar-refractivity contribution in [2.45, 2.75) is 32.6 Å². The second kappa shape index (κ2) is 9.12. The molecule has 3 aromatic rings. The highest BCUT2D eigenvalue weighted by atomic mass is 16.5. The van der Waals surface area contributed by atoms with Crippen LogP contribution in [0.1, 0.15) is 30.1 Å². The summed E-state index contributed by atoms with van der Waals surface area (Å²) in [5.74, 6) is -0.707. The number of aliphatic carboxylic acids is 1. The number of hydrogen-bond acceptors (Lipinski definition) is 5. The average molecular weight is 381 g/mol. The molecule has 0 aliphatic rings. The van der Waals surface area contributed by atoms with Crippen LogP contribution in [-0.4, -0.2) is 33.7 Å². The number of benzene rings is 2. The molecular formula is C21H23N3O4. The number of carboxylic acids is 1. The Morgan fingerprint density at radius 2 is 1.96 bits per heavy atom. The molecule has 0 radical (unpaired) electrons. The fourth-order valence-electron chi connectivity index (χ4n) is 3.06. The van der Waals surface area contributed by atoms with Crippen molar-refractivity contribution in [1.82, 2.24) is 15.5 Å². The molecule has 1 aromatic heterocycles. The lowest BCUT2D eigenvalue weighted by molar-refractivity contribution is -0.141. The lowest BCUT2D eigenvalue weighted by atomic mass is 9.97. The average Bonchev–Trinajstić information content (AvgIpc) is 3.09. The molecule has 7 heteroatoms. The van der Waals surface area contributed by atoms with Gasteiger partial charge in [0.1, 0.15) is 0 Å². The number of fused-ring (bicyclic) bond motifs is 1. The van der Waals surface area contributed by atoms with Crippen LogP contribution in [0.5, 0.6) is 0 Å². The number of aromatic nitrogens is 2. The van der Waals surface area contributed by atoms with Crippen LogP contribution < -0.4 is 5.32 Å². The van der Waals surface area contributed by atoms with Crippen molar-refractivity contribution >= 4 is 22.6 Å². The summed E-state index contributed by atoms with van der Waals surface area (Å²) in [4.78, 5) is 27.7. The number of nitrogens with zero attached hydrogens (tertiary/aromatic N) is 2. The Kier molecular flexibility index (Phi) is 6.37. The molecule has 0 saturated heterocycles. The van der Waals surface area contributed by atoms with Crippen LogP contribution in [0.15, 0.2) is 47.0 Å². The van der Waals surface area contributed by atoms with E-state index in [-0.39, 0.29) is 18.9 Å². The zero-order valence-electron chi connectivity index (χ0n) is 15.7. The minimum Gasteiger partial charge on any atom is -0.481 e. The normalized spacial score (nSPS) is 12.0. The van der Waals surface area contributed by atoms with E-state index in [1.54, 1.807) is 6.92 Å². The zero-order chi connectivity index (χ0) is 19.9. The van der Waals surface area contributed by atoms with E-state index in [2.05, 4.69) is 15.5 Å². The Morgan fingerprint density at radius 1 is 1.18 bits per heavy atom. The molecule has 7 nitrogen and oxygen atoms in total. The van der Waals surface area contributed by atoms with Gasteiger partial charge in [-0.1, -0.05) is 47.6 Å². The van der Waals surface area contributed by atoms with Crippen LogP contribution in [0, 0.1) is 12.8 Å². The lowest BCUT2D eigenvalue weighted by Crippen LogP contribution is -2.34. The van der Waals surface area contributed by atoms with Crippen molar-refractivity contribution < 1.29 is 19.2 Å². The summed E-state index contributed by atoms with van der Waals surface area (Å²) in [5, 5.41) is 18.1. The summed E-state index contributed by atoms with van der Waals surface area (Å²) in [7, 11) is 0. The summed E-state index contributed by atoms with van der Waals surface area (Å²) >= 11 is 0. The van der Waals surface area contributed by atoms with Crippen molar-refractivity contribution in [3.63, 3.8) is 0 Å². The maximum absolute atomic E-state index is 12.0. The number of carbonyl (C=O) groups excluding carboxylic acids is 1. The fraction of sp³-hybridized carbons (Fsp3) is 0.333. The quantitative estimate of drug-likeness (QED) is 0.590. The molecule has 1 atom stereocenters. The molecule has 1 amide bonds. The van der Waals surface area contributed by atoms with Crippen molar-refractivity contribution in [2.75, 3.05) is 6.54 Å². The second-order valence-corrected chi connectivity index (χ2v) is 6.81. The van der Waals surface area contributed by atoms with Crippen LogP contribution in [0.3, 0.4) is 0 Å². The summed E-state index contributed by atoms with van der Waals surface area (Å²) in [6, 6.07) is 13.9. The van der Waals surface area contributed by atoms with Gasteiger partial charge in [0.2, 0.25) is 11.8 Å². The van der Waals surface area contributed by atoms with E-state index in [1.165, 1.54) is 0 Å². The first-order valence-electron chi connectivity index (χ1n) is 9.27. The first-order chi connectivity index (χ1) is 13.5. The predicted molar refractivity (Wildman–Crippen MR) is 104 cm³/mol. The molecule has 2 aromatic carbocycles. The number of carboxylic acid groups (broad SMARTS) is 1. The smallest absolute Gasteiger partial charge is 0.308 e. The number of hydrogen-bond donors (Lipinski definition) is 2. The summed E-state index contributed by atoms with van der Waals surface area (Å²) < 4.78 is 5.00. The molecule has 28 heavy (non-hydrogen) atoms. The van der Waals surface area contributed by atoms with Crippen molar-refractivity contribution in [2.24, 2.45) is 5.92 Å². The van der Waals surface area contributed by atoms with Gasteiger partial charge >= 0.3 is 5.97 Å². The Morgan fingerprint density at radius 3 is 2.68 bits per heavy atom. The summed E-state index contributed by atoms with van der Waals surface area (Å²) in [6.07, 6.45) is 1.73. The van der Waals surface area contributed by atoms with E-state index in [4.69, 9.17) is 4.52 Å². The maximum atomic E-state index is 12.0. The highest BCUT2D eigenvalue weighted by molar-refractivity contribution is 5.83. The summed E-state index contributed by atoms with van der Waals surface area (Å²) in [5.41, 5.74) is 0.937. The number of rotatable bonds is 9. The van der Waals surface area contributed by atoms with Gasteiger partial charge in [0.25, 0.3) is 0 Å². The van der Waals surface area contributed by atoms with Gasteiger partial charge < -0.3 is 14.9 Å². The Balaban J connectivity index is 1.49. The SMILES string of the molecule is Cc1noc(CCCC(=O)NCC(Cc2ccc3ccccc3c2)C(=O)O)n1. The number of nitrogens with one attached hydrogen (secondary N) is 1. The largest absolute Gasteiger partial charge is 0.481 e. The van der Waals surface area contributed by atoms with Crippen LogP contribution in [0.2, 0.25) is 0 Å². The third-order valence-corrected chi connectivity index (χ3v) is 4.55. The van der Waals surface area contributed by atoms with Crippen molar-refractivity contribution in [1.29, 1.82) is 0 Å². The number of amides is 1. The van der Waals surface area contributed by atoms with Gasteiger partial charge in [-0.25, -0.2) is 0 Å². The standard InChI is InChI=1S/C21H23N3O4/c1-14-23-20(28-24-14)8-4-7-19(25)22-13-18(21(26)27)12-15-9-10-16-5-2-3-6-17(16)11-15/h2-3,5-6,9-11,18H,4,7-8,12-13H2,1H3,(H,22,25)(H,26,27). The van der Waals surface area contributed by atoms with Crippen LogP contribution in [0.4, 0.5) is 0 Å². The van der Waals surface area contributed by atoms with Crippen LogP contribution >= 0.6 is 0 Å². The Labute approximate surface area is 162 Å². The van der Waals surface area contributed by atoms with E-state index in [1.807, 2.05) is 42.5 Å². The van der Waals surface area contributed by atoms with Gasteiger partial charge in [0, 0.05) is 19.4 Å². The molecule has 2 N–H and O–H groups in total. The molecule has 0 saturated carbocycles. The van der Waals surface area contributed by atoms with E-state index in [9.17, 15) is 14.7 Å². The van der Waals surface area contributed by atoms with E-state index < -0.39 is 11.9 Å². The third kappa shape index (κ3) is 5.39. The van der Waals surface area contributed by atoms with E-state index in [0.717, 1.165) is 16.3 Å². The first-order valence-corrected chi connectivity index (χ1v) is 9.27. The van der Waals surface area contributed by atoms with Gasteiger partial charge in [-0.15, -0.1) is 0 Å². The van der Waals surface area contributed by atoms with E-state index >= 15 is 0 Å². The molecule has 1 heterocycles. The van der Waals surface area contributed by atoms with Gasteiger partial charge in [0.05, 0.1) is 5.92 Å². The van der Waals surface area contributed by atoms with Gasteiger partial charge in [-0.3, -0.25) is 9.59 Å². The van der Waals surface area contributed by atoms with Crippen molar-refractivity contribution in [3.8, 4) is 0 Å². The number of carbonyl (C=O) groups is 2. The minimum atomic E-state index is -0.921. The predicted octanol–water partition coefficient (Wildman–Crippen LogP) is 2.91. The Hall–Kier alpha value is -3.22. The minimum absolute atomic E-state index is 0.0979. The summed E-state index contributed by atoms with van der Waals surface area (Å²) in [6.45, 7) is 1.84. The molecule has 0 spiro atoms. The third-order valence-electron chi connectivity index (χ3n) is 4.55. The molecule has 0 fully saturated rings. The van der Waals surface area contributed by atoms with Crippen LogP contribution in [0.25, 0.3) is 10.8 Å². The van der Waals surface area contributed by atoms with Crippen molar-refractivity contribution in [3.05, 3.63) is 59.7 Å². The van der Waals surface area contributed by atoms with E-state index in [0.29, 0.717) is 31.0 Å². The fourth-order valence-corrected chi connectivity index (χ4v) is 3.06. The molecule has 1 unspecified atom stereocenters. The Bertz CT molecular complexity index is 967. The maximum Gasteiger partial charge on any atom is 0.308 e. The molecule has 0 bridgehead atoms. The molecule has 0 aliphatic carbocycles. The molecular weight excluding hydrogens is 358 g/mol. The molecule has 0 aliphatic heterocycles. The van der Waals surface area contributed by atoms with Gasteiger partial charge in [-0.05, 0) is 36.1 Å². The van der Waals surface area contributed by atoms with Gasteiger partial charge in [0.15, 0.2) is 5.82 Å². The van der Waals surface area contributed by atoms with Gasteiger partial charge in [-0.2, -0.15) is 4.98 Å². The molecule has 146 valence electrons. The lowest BCUT2D eigenvalue weighted by Gasteiger charge is -2.14. The zero-order valence-corrected chi connectivity index (χ0v) is 15.7. The highest BCUT2D eigenvalue weighted by Crippen LogP contribution is 2.18. The first kappa shape index (κ1) is 19.5.